The smallest absolute Gasteiger partial charge is 0.255 e. The molecule has 39 heavy (non-hydrogen) atoms. The van der Waals surface area contributed by atoms with Gasteiger partial charge < -0.3 is 20.2 Å². The Morgan fingerprint density at radius 1 is 1.21 bits per heavy atom. The zero-order valence-corrected chi connectivity index (χ0v) is 24.5. The number of aromatic nitrogens is 1. The lowest BCUT2D eigenvalue weighted by molar-refractivity contribution is -0.143. The highest BCUT2D eigenvalue weighted by atomic mass is 79.9. The summed E-state index contributed by atoms with van der Waals surface area (Å²) in [6.45, 7) is 6.44. The second-order valence-electron chi connectivity index (χ2n) is 10.5. The van der Waals surface area contributed by atoms with Crippen molar-refractivity contribution in [2.24, 2.45) is 5.92 Å². The van der Waals surface area contributed by atoms with Crippen LogP contribution in [-0.2, 0) is 22.7 Å². The molecule has 3 aromatic rings. The van der Waals surface area contributed by atoms with Gasteiger partial charge in [0.25, 0.3) is 5.91 Å². The molecule has 2 aromatic carbocycles. The molecule has 0 aliphatic carbocycles. The van der Waals surface area contributed by atoms with Crippen LogP contribution in [0, 0.1) is 12.8 Å². The largest absolute Gasteiger partial charge is 0.391 e. The van der Waals surface area contributed by atoms with Crippen LogP contribution in [0.1, 0.15) is 47.4 Å². The number of halogens is 1. The maximum Gasteiger partial charge on any atom is 0.255 e. The first-order chi connectivity index (χ1) is 18.7. The van der Waals surface area contributed by atoms with Crippen molar-refractivity contribution in [1.82, 2.24) is 20.1 Å². The quantitative estimate of drug-likeness (QED) is 0.418. The minimum atomic E-state index is -0.806. The van der Waals surface area contributed by atoms with Crippen molar-refractivity contribution >= 4 is 45.0 Å². The molecule has 204 valence electrons. The fourth-order valence-electron chi connectivity index (χ4n) is 5.46. The van der Waals surface area contributed by atoms with Crippen molar-refractivity contribution in [1.29, 1.82) is 0 Å². The van der Waals surface area contributed by atoms with Gasteiger partial charge in [0.2, 0.25) is 11.8 Å². The molecular formula is C29H31BrN4O4S. The van der Waals surface area contributed by atoms with Gasteiger partial charge in [-0.2, -0.15) is 0 Å². The number of rotatable bonds is 7. The number of β-amino-alcohol motifs (C(OH)–C–C–N with tert-alkyl or cyclic N) is 1. The van der Waals surface area contributed by atoms with Gasteiger partial charge >= 0.3 is 0 Å². The molecule has 1 fully saturated rings. The first kappa shape index (κ1) is 27.5. The molecule has 2 N–H and O–H groups in total. The summed E-state index contributed by atoms with van der Waals surface area (Å²) in [6.07, 6.45) is -0.647. The number of benzene rings is 2. The molecular weight excluding hydrogens is 580 g/mol. The maximum atomic E-state index is 13.9. The standard InChI is InChI=1S/C29H31BrN4O4S/c1-16(2)25(34-14-22-21(28(34)37)5-4-6-23(22)30)29(38)33-13-20(35)11-24(33)27(36)31-12-18-7-9-19(10-8-18)26-17(3)32-15-39-26/h4-10,15-16,20,24-25,35H,11-14H2,1-3H3,(H,31,36)/t20-,24+,25+/m1/s1. The monoisotopic (exact) mass is 610 g/mol. The fraction of sp³-hybridized carbons (Fsp3) is 0.379. The molecule has 3 atom stereocenters. The molecule has 2 aliphatic rings. The highest BCUT2D eigenvalue weighted by Gasteiger charge is 2.46. The van der Waals surface area contributed by atoms with E-state index in [-0.39, 0.29) is 36.6 Å². The maximum absolute atomic E-state index is 13.9. The third kappa shape index (κ3) is 5.37. The number of aliphatic hydroxyl groups excluding tert-OH is 1. The van der Waals surface area contributed by atoms with Crippen LogP contribution < -0.4 is 5.32 Å². The first-order valence-electron chi connectivity index (χ1n) is 13.0. The number of hydrogen-bond acceptors (Lipinski definition) is 6. The van der Waals surface area contributed by atoms with Crippen molar-refractivity contribution in [3.8, 4) is 10.4 Å². The number of carbonyl (C=O) groups is 3. The zero-order valence-electron chi connectivity index (χ0n) is 22.1. The van der Waals surface area contributed by atoms with Crippen molar-refractivity contribution in [2.45, 2.75) is 58.5 Å². The van der Waals surface area contributed by atoms with Crippen molar-refractivity contribution < 1.29 is 19.5 Å². The average Bonchev–Trinajstić information content (AvgIpc) is 3.61. The summed E-state index contributed by atoms with van der Waals surface area (Å²) < 4.78 is 0.829. The Bertz CT molecular complexity index is 1410. The van der Waals surface area contributed by atoms with E-state index in [4.69, 9.17) is 0 Å². The minimum Gasteiger partial charge on any atom is -0.391 e. The molecule has 0 unspecified atom stereocenters. The number of likely N-dealkylation sites (tertiary alicyclic amines) is 1. The summed E-state index contributed by atoms with van der Waals surface area (Å²) in [4.78, 5) is 48.9. The van der Waals surface area contributed by atoms with Crippen LogP contribution in [0.4, 0.5) is 0 Å². The number of amides is 3. The number of fused-ring (bicyclic) bond motifs is 1. The van der Waals surface area contributed by atoms with Crippen LogP contribution >= 0.6 is 27.3 Å². The Labute approximate surface area is 240 Å². The summed E-state index contributed by atoms with van der Waals surface area (Å²) in [5.74, 6) is -1.01. The third-order valence-electron chi connectivity index (χ3n) is 7.45. The summed E-state index contributed by atoms with van der Waals surface area (Å²) in [5.41, 5.74) is 6.24. The van der Waals surface area contributed by atoms with E-state index in [0.29, 0.717) is 18.7 Å². The van der Waals surface area contributed by atoms with Crippen molar-refractivity contribution in [2.75, 3.05) is 6.54 Å². The predicted octanol–water partition coefficient (Wildman–Crippen LogP) is 4.14. The molecule has 0 radical (unpaired) electrons. The molecule has 1 aromatic heterocycles. The Hall–Kier alpha value is -3.08. The molecule has 8 nitrogen and oxygen atoms in total. The van der Waals surface area contributed by atoms with Crippen LogP contribution in [0.25, 0.3) is 10.4 Å². The number of carbonyl (C=O) groups excluding carboxylic acids is 3. The molecule has 3 amide bonds. The van der Waals surface area contributed by atoms with Gasteiger partial charge in [-0.3, -0.25) is 14.4 Å². The molecule has 0 saturated carbocycles. The SMILES string of the molecule is Cc1ncsc1-c1ccc(CNC(=O)[C@@H]2C[C@@H](O)CN2C(=O)[C@H](C(C)C)N2Cc3c(Br)cccc3C2=O)cc1. The minimum absolute atomic E-state index is 0.0573. The van der Waals surface area contributed by atoms with Gasteiger partial charge in [-0.25, -0.2) is 4.98 Å². The lowest BCUT2D eigenvalue weighted by Gasteiger charge is -2.35. The van der Waals surface area contributed by atoms with Gasteiger partial charge in [0.1, 0.15) is 12.1 Å². The number of hydrogen-bond donors (Lipinski definition) is 2. The lowest BCUT2D eigenvalue weighted by Crippen LogP contribution is -2.55. The molecule has 2 aliphatic heterocycles. The van der Waals surface area contributed by atoms with E-state index in [1.165, 1.54) is 4.90 Å². The van der Waals surface area contributed by atoms with Crippen molar-refractivity contribution in [3.05, 3.63) is 74.8 Å². The molecule has 0 bridgehead atoms. The van der Waals surface area contributed by atoms with E-state index in [0.717, 1.165) is 31.7 Å². The number of nitrogens with zero attached hydrogens (tertiary/aromatic N) is 3. The topological polar surface area (TPSA) is 103 Å². The predicted molar refractivity (Wildman–Crippen MR) is 153 cm³/mol. The van der Waals surface area contributed by atoms with E-state index in [1.54, 1.807) is 22.3 Å². The summed E-state index contributed by atoms with van der Waals surface area (Å²) in [5, 5.41) is 13.4. The Morgan fingerprint density at radius 3 is 2.59 bits per heavy atom. The Kier molecular flexibility index (Phi) is 7.89. The molecule has 0 spiro atoms. The molecule has 10 heteroatoms. The average molecular weight is 612 g/mol. The van der Waals surface area contributed by atoms with E-state index in [1.807, 2.05) is 62.7 Å². The second-order valence-corrected chi connectivity index (χ2v) is 12.2. The van der Waals surface area contributed by atoms with E-state index >= 15 is 0 Å². The third-order valence-corrected chi connectivity index (χ3v) is 9.17. The van der Waals surface area contributed by atoms with Crippen LogP contribution in [0.3, 0.4) is 0 Å². The zero-order chi connectivity index (χ0) is 27.8. The van der Waals surface area contributed by atoms with Gasteiger partial charge in [0.15, 0.2) is 0 Å². The fourth-order valence-corrected chi connectivity index (χ4v) is 6.76. The highest BCUT2D eigenvalue weighted by molar-refractivity contribution is 9.10. The lowest BCUT2D eigenvalue weighted by atomic mass is 10.0. The Balaban J connectivity index is 1.28. The summed E-state index contributed by atoms with van der Waals surface area (Å²) in [7, 11) is 0. The summed E-state index contributed by atoms with van der Waals surface area (Å²) >= 11 is 5.11. The van der Waals surface area contributed by atoms with Crippen LogP contribution in [0.15, 0.2) is 52.4 Å². The van der Waals surface area contributed by atoms with E-state index in [2.05, 4.69) is 26.2 Å². The molecule has 5 rings (SSSR count). The molecule has 3 heterocycles. The van der Waals surface area contributed by atoms with Gasteiger partial charge in [0, 0.05) is 36.1 Å². The van der Waals surface area contributed by atoms with Crippen LogP contribution in [-0.4, -0.2) is 62.3 Å². The normalized spacial score (nSPS) is 19.5. The summed E-state index contributed by atoms with van der Waals surface area (Å²) in [6, 6.07) is 11.8. The number of thiazole rings is 1. The van der Waals surface area contributed by atoms with E-state index in [9.17, 15) is 19.5 Å². The number of aryl methyl sites for hydroxylation is 1. The number of nitrogens with one attached hydrogen (secondary N) is 1. The van der Waals surface area contributed by atoms with Gasteiger partial charge in [-0.15, -0.1) is 11.3 Å². The Morgan fingerprint density at radius 2 is 1.95 bits per heavy atom. The van der Waals surface area contributed by atoms with Crippen LogP contribution in [0.5, 0.6) is 0 Å². The van der Waals surface area contributed by atoms with Gasteiger partial charge in [-0.1, -0.05) is 60.1 Å². The highest BCUT2D eigenvalue weighted by Crippen LogP contribution is 2.34. The van der Waals surface area contributed by atoms with Crippen LogP contribution in [0.2, 0.25) is 0 Å². The first-order valence-corrected chi connectivity index (χ1v) is 14.7. The number of aliphatic hydroxyl groups is 1. The van der Waals surface area contributed by atoms with E-state index < -0.39 is 18.2 Å². The van der Waals surface area contributed by atoms with Gasteiger partial charge in [-0.05, 0) is 41.7 Å². The molecule has 1 saturated heterocycles. The van der Waals surface area contributed by atoms with Gasteiger partial charge in [0.05, 0.1) is 22.2 Å². The second kappa shape index (κ2) is 11.2. The van der Waals surface area contributed by atoms with Crippen molar-refractivity contribution in [3.63, 3.8) is 0 Å².